The molecule has 1 N–H and O–H groups in total. The average molecular weight is 359 g/mol. The molecule has 2 heterocycles. The minimum Gasteiger partial charge on any atom is -0.467 e. The first-order chi connectivity index (χ1) is 12.4. The van der Waals surface area contributed by atoms with Crippen molar-refractivity contribution in [1.29, 1.82) is 0 Å². The van der Waals surface area contributed by atoms with Gasteiger partial charge in [0.05, 0.1) is 18.8 Å². The van der Waals surface area contributed by atoms with E-state index in [-0.39, 0.29) is 24.3 Å². The number of piperidine rings is 1. The van der Waals surface area contributed by atoms with Crippen LogP contribution in [0, 0.1) is 0 Å². The second-order valence-electron chi connectivity index (χ2n) is 6.75. The zero-order valence-corrected chi connectivity index (χ0v) is 15.6. The summed E-state index contributed by atoms with van der Waals surface area (Å²) in [5.41, 5.74) is 0.509. The number of carbonyl (C=O) groups excluding carboxylic acids is 1. The van der Waals surface area contributed by atoms with Crippen LogP contribution in [0.1, 0.15) is 22.6 Å². The van der Waals surface area contributed by atoms with Gasteiger partial charge in [-0.15, -0.1) is 5.10 Å². The lowest BCUT2D eigenvalue weighted by atomic mass is 9.77. The summed E-state index contributed by atoms with van der Waals surface area (Å²) in [6, 6.07) is 10.2. The van der Waals surface area contributed by atoms with Gasteiger partial charge in [0, 0.05) is 20.1 Å². The number of aliphatic hydroxyl groups excluding tert-OH is 1. The Labute approximate surface area is 153 Å². The number of nitrogens with zero attached hydrogens (tertiary/aromatic N) is 5. The van der Waals surface area contributed by atoms with Crippen LogP contribution in [0.5, 0.6) is 6.01 Å². The van der Waals surface area contributed by atoms with Gasteiger partial charge in [-0.1, -0.05) is 30.3 Å². The average Bonchev–Trinajstić information content (AvgIpc) is 3.02. The van der Waals surface area contributed by atoms with Crippen molar-refractivity contribution >= 4 is 5.91 Å². The topological polar surface area (TPSA) is 83.7 Å². The number of carbonyl (C=O) groups is 1. The first-order valence-corrected chi connectivity index (χ1v) is 8.55. The number of likely N-dealkylation sites (N-methyl/N-ethyl adjacent to an activating group) is 1. The lowest BCUT2D eigenvalue weighted by Crippen LogP contribution is -2.61. The van der Waals surface area contributed by atoms with Crippen molar-refractivity contribution in [2.75, 3.05) is 34.3 Å². The summed E-state index contributed by atoms with van der Waals surface area (Å²) in [5.74, 6) is -0.225. The number of likely N-dealkylation sites (tertiary alicyclic amines) is 1. The molecule has 0 spiro atoms. The highest BCUT2D eigenvalue weighted by molar-refractivity contribution is 5.90. The molecule has 1 aromatic carbocycles. The van der Waals surface area contributed by atoms with Crippen molar-refractivity contribution in [1.82, 2.24) is 24.6 Å². The zero-order valence-electron chi connectivity index (χ0n) is 15.6. The second-order valence-corrected chi connectivity index (χ2v) is 6.75. The molecule has 0 bridgehead atoms. The van der Waals surface area contributed by atoms with Crippen molar-refractivity contribution in [3.8, 4) is 6.01 Å². The fourth-order valence-electron chi connectivity index (χ4n) is 3.73. The normalized spacial score (nSPS) is 23.3. The van der Waals surface area contributed by atoms with Gasteiger partial charge in [0.2, 0.25) is 5.82 Å². The molecule has 0 radical (unpaired) electrons. The molecule has 1 fully saturated rings. The predicted octanol–water partition coefficient (Wildman–Crippen LogP) is 0.488. The second kappa shape index (κ2) is 7.05. The van der Waals surface area contributed by atoms with Crippen LogP contribution < -0.4 is 4.74 Å². The summed E-state index contributed by atoms with van der Waals surface area (Å²) in [7, 11) is 7.06. The fourth-order valence-corrected chi connectivity index (χ4v) is 3.73. The first kappa shape index (κ1) is 18.3. The summed E-state index contributed by atoms with van der Waals surface area (Å²) in [6.07, 6.45) is -0.121. The molecular formula is C18H25N5O3. The van der Waals surface area contributed by atoms with Crippen LogP contribution in [0.15, 0.2) is 30.3 Å². The van der Waals surface area contributed by atoms with Crippen LogP contribution >= 0.6 is 0 Å². The third kappa shape index (κ3) is 2.95. The quantitative estimate of drug-likeness (QED) is 0.855. The highest BCUT2D eigenvalue weighted by Crippen LogP contribution is 2.37. The molecule has 2 aromatic rings. The lowest BCUT2D eigenvalue weighted by Gasteiger charge is -2.49. The molecule has 0 aliphatic carbocycles. The van der Waals surface area contributed by atoms with Gasteiger partial charge in [0.1, 0.15) is 0 Å². The predicted molar refractivity (Wildman–Crippen MR) is 95.9 cm³/mol. The Morgan fingerprint density at radius 1 is 1.35 bits per heavy atom. The molecule has 8 heteroatoms. The standard InChI is InChI=1S/C18H25N5O3/c1-21(2)18(13-8-6-5-7-9-13)10-11-23(12-14(18)24)16(25)15-19-17(26-4)22(3)20-15/h5-9,14,24H,10-12H2,1-4H3/t14-,18+/m1/s1. The molecule has 0 unspecified atom stereocenters. The number of rotatable bonds is 4. The fraction of sp³-hybridized carbons (Fsp3) is 0.500. The molecule has 1 aromatic heterocycles. The summed E-state index contributed by atoms with van der Waals surface area (Å²) >= 11 is 0. The van der Waals surface area contributed by atoms with E-state index in [1.54, 1.807) is 11.9 Å². The van der Waals surface area contributed by atoms with E-state index in [1.165, 1.54) is 11.8 Å². The van der Waals surface area contributed by atoms with E-state index in [1.807, 2.05) is 49.3 Å². The van der Waals surface area contributed by atoms with Crippen LogP contribution in [0.2, 0.25) is 0 Å². The Balaban J connectivity index is 1.83. The molecule has 1 saturated heterocycles. The molecule has 3 rings (SSSR count). The minimum atomic E-state index is -0.733. The van der Waals surface area contributed by atoms with Gasteiger partial charge in [-0.05, 0) is 26.1 Å². The van der Waals surface area contributed by atoms with Crippen LogP contribution in [0.3, 0.4) is 0 Å². The molecule has 2 atom stereocenters. The third-order valence-electron chi connectivity index (χ3n) is 5.16. The Morgan fingerprint density at radius 2 is 2.04 bits per heavy atom. The van der Waals surface area contributed by atoms with Crippen LogP contribution in [0.25, 0.3) is 0 Å². The van der Waals surface area contributed by atoms with Gasteiger partial charge in [0.25, 0.3) is 5.91 Å². The zero-order chi connectivity index (χ0) is 18.9. The Hall–Kier alpha value is -2.45. The van der Waals surface area contributed by atoms with Crippen molar-refractivity contribution in [3.63, 3.8) is 0 Å². The Morgan fingerprint density at radius 3 is 2.58 bits per heavy atom. The summed E-state index contributed by atoms with van der Waals surface area (Å²) < 4.78 is 6.49. The van der Waals surface area contributed by atoms with Gasteiger partial charge in [-0.2, -0.15) is 4.98 Å². The van der Waals surface area contributed by atoms with E-state index in [9.17, 15) is 9.90 Å². The Kier molecular flexibility index (Phi) is 4.97. The van der Waals surface area contributed by atoms with Gasteiger partial charge >= 0.3 is 6.01 Å². The number of methoxy groups -OCH3 is 1. The summed E-state index contributed by atoms with van der Waals surface area (Å²) in [6.45, 7) is 0.718. The summed E-state index contributed by atoms with van der Waals surface area (Å²) in [4.78, 5) is 20.5. The molecule has 0 saturated carbocycles. The maximum absolute atomic E-state index is 12.8. The number of benzene rings is 1. The van der Waals surface area contributed by atoms with E-state index in [2.05, 4.69) is 10.1 Å². The van der Waals surface area contributed by atoms with Crippen molar-refractivity contribution in [2.45, 2.75) is 18.1 Å². The largest absolute Gasteiger partial charge is 0.467 e. The number of ether oxygens (including phenoxy) is 1. The molecule has 26 heavy (non-hydrogen) atoms. The minimum absolute atomic E-state index is 0.0774. The third-order valence-corrected chi connectivity index (χ3v) is 5.16. The summed E-state index contributed by atoms with van der Waals surface area (Å²) in [5, 5.41) is 15.1. The smallest absolute Gasteiger partial charge is 0.314 e. The molecule has 1 aliphatic rings. The highest BCUT2D eigenvalue weighted by Gasteiger charge is 2.46. The van der Waals surface area contributed by atoms with Gasteiger partial charge in [0.15, 0.2) is 0 Å². The van der Waals surface area contributed by atoms with Gasteiger partial charge < -0.3 is 14.7 Å². The number of aromatic nitrogens is 3. The number of amides is 1. The van der Waals surface area contributed by atoms with Crippen LogP contribution in [-0.2, 0) is 12.6 Å². The van der Waals surface area contributed by atoms with E-state index < -0.39 is 11.6 Å². The number of hydrogen-bond donors (Lipinski definition) is 1. The lowest BCUT2D eigenvalue weighted by molar-refractivity contribution is -0.0614. The van der Waals surface area contributed by atoms with Gasteiger partial charge in [-0.25, -0.2) is 4.68 Å². The highest BCUT2D eigenvalue weighted by atomic mass is 16.5. The number of aliphatic hydroxyl groups is 1. The molecular weight excluding hydrogens is 334 g/mol. The van der Waals surface area contributed by atoms with Gasteiger partial charge in [-0.3, -0.25) is 9.69 Å². The first-order valence-electron chi connectivity index (χ1n) is 8.55. The monoisotopic (exact) mass is 359 g/mol. The van der Waals surface area contributed by atoms with E-state index >= 15 is 0 Å². The maximum atomic E-state index is 12.8. The maximum Gasteiger partial charge on any atom is 0.314 e. The van der Waals surface area contributed by atoms with Crippen molar-refractivity contribution in [3.05, 3.63) is 41.7 Å². The van der Waals surface area contributed by atoms with Crippen LogP contribution in [0.4, 0.5) is 0 Å². The SMILES string of the molecule is COc1nc(C(=O)N2CC[C@@](c3ccccc3)(N(C)C)[C@H](O)C2)nn1C. The van der Waals surface area contributed by atoms with Crippen LogP contribution in [-0.4, -0.2) is 76.0 Å². The number of aryl methyl sites for hydroxylation is 1. The molecule has 1 aliphatic heterocycles. The van der Waals surface area contributed by atoms with Crippen molar-refractivity contribution < 1.29 is 14.6 Å². The number of β-amino-alcohol motifs (C(OH)–C–C–N with tert-alkyl or cyclic N) is 1. The Bertz CT molecular complexity index is 776. The molecule has 8 nitrogen and oxygen atoms in total. The van der Waals surface area contributed by atoms with Crippen molar-refractivity contribution in [2.24, 2.45) is 7.05 Å². The van der Waals surface area contributed by atoms with E-state index in [4.69, 9.17) is 4.74 Å². The molecule has 140 valence electrons. The van der Waals surface area contributed by atoms with E-state index in [0.29, 0.717) is 13.0 Å². The van der Waals surface area contributed by atoms with E-state index in [0.717, 1.165) is 5.56 Å². The number of hydrogen-bond acceptors (Lipinski definition) is 6. The molecule has 1 amide bonds.